The molecule has 100 valence electrons. The van der Waals surface area contributed by atoms with Gasteiger partial charge in [-0.3, -0.25) is 0 Å². The molecular formula is C14H8ClFN2O2. The van der Waals surface area contributed by atoms with Crippen molar-refractivity contribution in [2.75, 3.05) is 0 Å². The van der Waals surface area contributed by atoms with E-state index in [9.17, 15) is 9.50 Å². The Morgan fingerprint density at radius 2 is 1.95 bits per heavy atom. The predicted molar refractivity (Wildman–Crippen MR) is 71.8 cm³/mol. The molecule has 20 heavy (non-hydrogen) atoms. The SMILES string of the molecule is Oc1ccc(-c2nc(-c3cccc(F)c3)no2)cc1Cl. The van der Waals surface area contributed by atoms with Crippen molar-refractivity contribution in [3.63, 3.8) is 0 Å². The van der Waals surface area contributed by atoms with Crippen LogP contribution < -0.4 is 0 Å². The average Bonchev–Trinajstić information content (AvgIpc) is 2.92. The van der Waals surface area contributed by atoms with Crippen LogP contribution in [0.1, 0.15) is 0 Å². The molecule has 0 aliphatic rings. The van der Waals surface area contributed by atoms with Crippen molar-refractivity contribution >= 4 is 11.6 Å². The van der Waals surface area contributed by atoms with Gasteiger partial charge in [0, 0.05) is 11.1 Å². The third kappa shape index (κ3) is 2.35. The van der Waals surface area contributed by atoms with Crippen molar-refractivity contribution in [2.45, 2.75) is 0 Å². The van der Waals surface area contributed by atoms with Gasteiger partial charge in [0.1, 0.15) is 11.6 Å². The minimum atomic E-state index is -0.374. The van der Waals surface area contributed by atoms with Gasteiger partial charge in [-0.2, -0.15) is 4.98 Å². The number of nitrogens with zero attached hydrogens (tertiary/aromatic N) is 2. The van der Waals surface area contributed by atoms with Crippen molar-refractivity contribution in [3.05, 3.63) is 53.3 Å². The van der Waals surface area contributed by atoms with E-state index in [-0.39, 0.29) is 28.3 Å². The second-order valence-corrected chi connectivity index (χ2v) is 4.51. The van der Waals surface area contributed by atoms with Gasteiger partial charge < -0.3 is 9.63 Å². The van der Waals surface area contributed by atoms with Gasteiger partial charge in [-0.1, -0.05) is 28.9 Å². The lowest BCUT2D eigenvalue weighted by Crippen LogP contribution is -1.83. The van der Waals surface area contributed by atoms with Crippen molar-refractivity contribution in [3.8, 4) is 28.6 Å². The first-order valence-corrected chi connectivity index (χ1v) is 6.10. The summed E-state index contributed by atoms with van der Waals surface area (Å²) in [5.74, 6) is 0.122. The lowest BCUT2D eigenvalue weighted by molar-refractivity contribution is 0.432. The lowest BCUT2D eigenvalue weighted by Gasteiger charge is -1.97. The van der Waals surface area contributed by atoms with Crippen LogP contribution in [0.4, 0.5) is 4.39 Å². The molecule has 1 heterocycles. The van der Waals surface area contributed by atoms with Crippen LogP contribution in [0.3, 0.4) is 0 Å². The molecular weight excluding hydrogens is 283 g/mol. The monoisotopic (exact) mass is 290 g/mol. The maximum absolute atomic E-state index is 13.1. The third-order valence-electron chi connectivity index (χ3n) is 2.70. The Balaban J connectivity index is 1.99. The maximum atomic E-state index is 13.1. The smallest absolute Gasteiger partial charge is 0.258 e. The largest absolute Gasteiger partial charge is 0.506 e. The van der Waals surface area contributed by atoms with Crippen molar-refractivity contribution < 1.29 is 14.0 Å². The Bertz CT molecular complexity index is 773. The molecule has 3 rings (SSSR count). The highest BCUT2D eigenvalue weighted by molar-refractivity contribution is 6.32. The summed E-state index contributed by atoms with van der Waals surface area (Å²) in [4.78, 5) is 4.18. The minimum Gasteiger partial charge on any atom is -0.506 e. The topological polar surface area (TPSA) is 59.2 Å². The predicted octanol–water partition coefficient (Wildman–Crippen LogP) is 3.90. The molecule has 2 aromatic carbocycles. The number of aromatic nitrogens is 2. The van der Waals surface area contributed by atoms with Crippen molar-refractivity contribution in [1.82, 2.24) is 10.1 Å². The quantitative estimate of drug-likeness (QED) is 0.777. The zero-order chi connectivity index (χ0) is 14.1. The molecule has 0 amide bonds. The molecule has 0 unspecified atom stereocenters. The zero-order valence-electron chi connectivity index (χ0n) is 10.0. The number of hydrogen-bond acceptors (Lipinski definition) is 4. The van der Waals surface area contributed by atoms with E-state index in [4.69, 9.17) is 16.1 Å². The molecule has 0 saturated carbocycles. The molecule has 0 spiro atoms. The number of rotatable bonds is 2. The number of phenolic OH excluding ortho intramolecular Hbond substituents is 1. The van der Waals surface area contributed by atoms with Crippen LogP contribution in [-0.2, 0) is 0 Å². The summed E-state index contributed by atoms with van der Waals surface area (Å²) >= 11 is 5.82. The van der Waals surface area contributed by atoms with Gasteiger partial charge in [-0.05, 0) is 30.3 Å². The van der Waals surface area contributed by atoms with Crippen molar-refractivity contribution in [2.24, 2.45) is 0 Å². The van der Waals surface area contributed by atoms with Crippen LogP contribution in [0.2, 0.25) is 5.02 Å². The molecule has 6 heteroatoms. The van der Waals surface area contributed by atoms with E-state index < -0.39 is 0 Å². The number of phenols is 1. The van der Waals surface area contributed by atoms with E-state index in [0.717, 1.165) is 0 Å². The van der Waals surface area contributed by atoms with Gasteiger partial charge in [0.2, 0.25) is 5.82 Å². The second kappa shape index (κ2) is 4.94. The van der Waals surface area contributed by atoms with Gasteiger partial charge in [0.05, 0.1) is 5.02 Å². The Kier molecular flexibility index (Phi) is 3.12. The summed E-state index contributed by atoms with van der Waals surface area (Å²) < 4.78 is 18.3. The highest BCUT2D eigenvalue weighted by Gasteiger charge is 2.12. The Morgan fingerprint density at radius 1 is 1.10 bits per heavy atom. The average molecular weight is 291 g/mol. The summed E-state index contributed by atoms with van der Waals surface area (Å²) in [5, 5.41) is 13.3. The lowest BCUT2D eigenvalue weighted by atomic mass is 10.2. The van der Waals surface area contributed by atoms with Gasteiger partial charge in [-0.15, -0.1) is 0 Å². The molecule has 0 aliphatic heterocycles. The highest BCUT2D eigenvalue weighted by Crippen LogP contribution is 2.29. The van der Waals surface area contributed by atoms with E-state index in [2.05, 4.69) is 10.1 Å². The summed E-state index contributed by atoms with van der Waals surface area (Å²) in [6.45, 7) is 0. The number of hydrogen-bond donors (Lipinski definition) is 1. The van der Waals surface area contributed by atoms with Crippen LogP contribution in [0.15, 0.2) is 47.0 Å². The summed E-state index contributed by atoms with van der Waals surface area (Å²) in [5.41, 5.74) is 1.09. The van der Waals surface area contributed by atoms with E-state index in [1.54, 1.807) is 18.2 Å². The van der Waals surface area contributed by atoms with E-state index in [1.807, 2.05) is 0 Å². The van der Waals surface area contributed by atoms with E-state index >= 15 is 0 Å². The molecule has 1 aromatic heterocycles. The summed E-state index contributed by atoms with van der Waals surface area (Å²) in [6.07, 6.45) is 0. The molecule has 0 fully saturated rings. The highest BCUT2D eigenvalue weighted by atomic mass is 35.5. The molecule has 4 nitrogen and oxygen atoms in total. The normalized spacial score (nSPS) is 10.7. The Morgan fingerprint density at radius 3 is 2.70 bits per heavy atom. The fourth-order valence-corrected chi connectivity index (χ4v) is 1.91. The van der Waals surface area contributed by atoms with Crippen LogP contribution >= 0.6 is 11.6 Å². The zero-order valence-corrected chi connectivity index (χ0v) is 10.8. The van der Waals surface area contributed by atoms with Crippen LogP contribution in [-0.4, -0.2) is 15.2 Å². The number of aromatic hydroxyl groups is 1. The van der Waals surface area contributed by atoms with Crippen LogP contribution in [0.25, 0.3) is 22.8 Å². The van der Waals surface area contributed by atoms with Gasteiger partial charge in [0.15, 0.2) is 0 Å². The van der Waals surface area contributed by atoms with E-state index in [0.29, 0.717) is 11.1 Å². The van der Waals surface area contributed by atoms with Gasteiger partial charge >= 0.3 is 0 Å². The summed E-state index contributed by atoms with van der Waals surface area (Å²) in [6, 6.07) is 10.5. The fraction of sp³-hybridized carbons (Fsp3) is 0. The molecule has 0 aliphatic carbocycles. The first kappa shape index (κ1) is 12.6. The molecule has 0 bridgehead atoms. The first-order chi connectivity index (χ1) is 9.63. The first-order valence-electron chi connectivity index (χ1n) is 5.72. The number of benzene rings is 2. The Hall–Kier alpha value is -2.40. The number of halogens is 2. The molecule has 0 saturated heterocycles. The molecule has 3 aromatic rings. The molecule has 1 N–H and O–H groups in total. The standard InChI is InChI=1S/C14H8ClFN2O2/c15-11-7-9(4-5-12(11)19)14-17-13(18-20-14)8-2-1-3-10(16)6-8/h1-7,19H. The van der Waals surface area contributed by atoms with E-state index in [1.165, 1.54) is 24.3 Å². The second-order valence-electron chi connectivity index (χ2n) is 4.10. The summed E-state index contributed by atoms with van der Waals surface area (Å²) in [7, 11) is 0. The van der Waals surface area contributed by atoms with Crippen LogP contribution in [0.5, 0.6) is 5.75 Å². The van der Waals surface area contributed by atoms with Crippen LogP contribution in [0, 0.1) is 5.82 Å². The molecule has 0 radical (unpaired) electrons. The van der Waals surface area contributed by atoms with Crippen molar-refractivity contribution in [1.29, 1.82) is 0 Å². The Labute approximate surface area is 118 Å². The third-order valence-corrected chi connectivity index (χ3v) is 3.01. The molecule has 0 atom stereocenters. The van der Waals surface area contributed by atoms with Gasteiger partial charge in [0.25, 0.3) is 5.89 Å². The fourth-order valence-electron chi connectivity index (χ4n) is 1.73. The maximum Gasteiger partial charge on any atom is 0.258 e. The van der Waals surface area contributed by atoms with Gasteiger partial charge in [-0.25, -0.2) is 4.39 Å². The minimum absolute atomic E-state index is 0.0275.